The maximum absolute atomic E-state index is 12.4. The van der Waals surface area contributed by atoms with E-state index in [9.17, 15) is 4.79 Å². The third kappa shape index (κ3) is 2.49. The summed E-state index contributed by atoms with van der Waals surface area (Å²) in [5.41, 5.74) is 1.74. The van der Waals surface area contributed by atoms with Crippen LogP contribution in [0.25, 0.3) is 6.08 Å². The minimum Gasteiger partial charge on any atom is -0.488 e. The molecule has 2 heterocycles. The van der Waals surface area contributed by atoms with E-state index in [-0.39, 0.29) is 5.91 Å². The van der Waals surface area contributed by atoms with Gasteiger partial charge in [-0.05, 0) is 19.2 Å². The molecule has 1 aromatic carbocycles. The number of rotatable bonds is 1. The van der Waals surface area contributed by atoms with Gasteiger partial charge in [-0.25, -0.2) is 0 Å². The minimum absolute atomic E-state index is 0.114. The van der Waals surface area contributed by atoms with Gasteiger partial charge in [0.15, 0.2) is 0 Å². The summed E-state index contributed by atoms with van der Waals surface area (Å²) in [7, 11) is 2.08. The zero-order valence-electron chi connectivity index (χ0n) is 11.1. The van der Waals surface area contributed by atoms with Gasteiger partial charge in [-0.15, -0.1) is 0 Å². The van der Waals surface area contributed by atoms with Crippen LogP contribution in [0.5, 0.6) is 5.75 Å². The molecule has 1 saturated heterocycles. The highest BCUT2D eigenvalue weighted by molar-refractivity contribution is 5.99. The number of benzene rings is 1. The van der Waals surface area contributed by atoms with Gasteiger partial charge >= 0.3 is 0 Å². The number of ether oxygens (including phenoxy) is 1. The average molecular weight is 258 g/mol. The molecule has 2 aliphatic rings. The fourth-order valence-corrected chi connectivity index (χ4v) is 2.45. The minimum atomic E-state index is 0.114. The number of para-hydroxylation sites is 1. The molecule has 100 valence electrons. The second kappa shape index (κ2) is 5.05. The predicted molar refractivity (Wildman–Crippen MR) is 74.0 cm³/mol. The van der Waals surface area contributed by atoms with Gasteiger partial charge in [0.25, 0.3) is 5.91 Å². The highest BCUT2D eigenvalue weighted by Crippen LogP contribution is 2.26. The van der Waals surface area contributed by atoms with Crippen molar-refractivity contribution in [3.63, 3.8) is 0 Å². The van der Waals surface area contributed by atoms with Gasteiger partial charge in [-0.2, -0.15) is 0 Å². The molecule has 0 atom stereocenters. The van der Waals surface area contributed by atoms with Crippen LogP contribution >= 0.6 is 0 Å². The first-order valence-corrected chi connectivity index (χ1v) is 6.64. The molecule has 0 aliphatic carbocycles. The fraction of sp³-hybridized carbons (Fsp3) is 0.400. The van der Waals surface area contributed by atoms with Crippen molar-refractivity contribution in [1.82, 2.24) is 9.80 Å². The van der Waals surface area contributed by atoms with E-state index in [2.05, 4.69) is 11.9 Å². The van der Waals surface area contributed by atoms with Crippen molar-refractivity contribution in [3.05, 3.63) is 35.4 Å². The number of amides is 1. The van der Waals surface area contributed by atoms with Gasteiger partial charge in [0, 0.05) is 31.7 Å². The summed E-state index contributed by atoms with van der Waals surface area (Å²) in [5, 5.41) is 0. The molecule has 0 N–H and O–H groups in total. The van der Waals surface area contributed by atoms with E-state index in [1.807, 2.05) is 35.2 Å². The smallest absolute Gasteiger partial charge is 0.253 e. The lowest BCUT2D eigenvalue weighted by molar-refractivity contribution is -0.128. The highest BCUT2D eigenvalue weighted by atomic mass is 16.5. The molecule has 0 radical (unpaired) electrons. The number of hydrogen-bond acceptors (Lipinski definition) is 3. The Morgan fingerprint density at radius 3 is 2.68 bits per heavy atom. The summed E-state index contributed by atoms with van der Waals surface area (Å²) in [4.78, 5) is 16.6. The molecule has 19 heavy (non-hydrogen) atoms. The van der Waals surface area contributed by atoms with Crippen LogP contribution in [-0.4, -0.2) is 55.5 Å². The highest BCUT2D eigenvalue weighted by Gasteiger charge is 2.24. The lowest BCUT2D eigenvalue weighted by Gasteiger charge is -2.33. The van der Waals surface area contributed by atoms with Gasteiger partial charge in [-0.3, -0.25) is 4.79 Å². The van der Waals surface area contributed by atoms with Gasteiger partial charge in [-0.1, -0.05) is 18.2 Å². The number of carbonyl (C=O) groups is 1. The van der Waals surface area contributed by atoms with Crippen molar-refractivity contribution in [3.8, 4) is 5.75 Å². The Bertz CT molecular complexity index is 517. The molecule has 0 saturated carbocycles. The third-order valence-electron chi connectivity index (χ3n) is 3.70. The van der Waals surface area contributed by atoms with E-state index >= 15 is 0 Å². The van der Waals surface area contributed by atoms with Crippen molar-refractivity contribution in [1.29, 1.82) is 0 Å². The Kier molecular flexibility index (Phi) is 3.25. The van der Waals surface area contributed by atoms with E-state index in [4.69, 9.17) is 4.74 Å². The molecule has 1 aromatic rings. The monoisotopic (exact) mass is 258 g/mol. The molecule has 0 aromatic heterocycles. The maximum atomic E-state index is 12.4. The van der Waals surface area contributed by atoms with Crippen molar-refractivity contribution in [2.45, 2.75) is 0 Å². The summed E-state index contributed by atoms with van der Waals surface area (Å²) in [6, 6.07) is 7.82. The van der Waals surface area contributed by atoms with Crippen molar-refractivity contribution in [2.75, 3.05) is 39.8 Å². The van der Waals surface area contributed by atoms with Crippen molar-refractivity contribution >= 4 is 12.0 Å². The molecule has 0 spiro atoms. The quantitative estimate of drug-likeness (QED) is 0.759. The molecule has 4 nitrogen and oxygen atoms in total. The first kappa shape index (κ1) is 12.2. The van der Waals surface area contributed by atoms with Crippen LogP contribution in [0.3, 0.4) is 0 Å². The van der Waals surface area contributed by atoms with Crippen LogP contribution in [0, 0.1) is 0 Å². The standard InChI is InChI=1S/C15H18N2O2/c1-16-6-8-17(9-7-16)15(18)13-10-12-4-2-3-5-14(12)19-11-13/h2-5,10H,6-9,11H2,1H3. The normalized spacial score (nSPS) is 19.4. The number of fused-ring (bicyclic) bond motifs is 1. The third-order valence-corrected chi connectivity index (χ3v) is 3.70. The van der Waals surface area contributed by atoms with Crippen molar-refractivity contribution in [2.24, 2.45) is 0 Å². The molecule has 0 unspecified atom stereocenters. The van der Waals surface area contributed by atoms with E-state index in [1.165, 1.54) is 0 Å². The van der Waals surface area contributed by atoms with E-state index in [0.29, 0.717) is 6.61 Å². The zero-order chi connectivity index (χ0) is 13.2. The summed E-state index contributed by atoms with van der Waals surface area (Å²) in [5.74, 6) is 0.972. The molecule has 0 bridgehead atoms. The SMILES string of the molecule is CN1CCN(C(=O)C2=Cc3ccccc3OC2)CC1. The van der Waals surface area contributed by atoms with Gasteiger partial charge in [0.1, 0.15) is 12.4 Å². The van der Waals surface area contributed by atoms with E-state index < -0.39 is 0 Å². The Labute approximate surface area is 113 Å². The lowest BCUT2D eigenvalue weighted by atomic mass is 10.1. The number of carbonyl (C=O) groups excluding carboxylic acids is 1. The zero-order valence-corrected chi connectivity index (χ0v) is 11.1. The summed E-state index contributed by atoms with van der Waals surface area (Å²) < 4.78 is 5.64. The molecular formula is C15H18N2O2. The van der Waals surface area contributed by atoms with Crippen LogP contribution in [0.2, 0.25) is 0 Å². The molecule has 1 fully saturated rings. The van der Waals surface area contributed by atoms with Gasteiger partial charge < -0.3 is 14.5 Å². The van der Waals surface area contributed by atoms with Gasteiger partial charge in [0.2, 0.25) is 0 Å². The number of hydrogen-bond donors (Lipinski definition) is 0. The van der Waals surface area contributed by atoms with Crippen LogP contribution < -0.4 is 4.74 Å². The second-order valence-electron chi connectivity index (χ2n) is 5.09. The lowest BCUT2D eigenvalue weighted by Crippen LogP contribution is -2.48. The maximum Gasteiger partial charge on any atom is 0.253 e. The predicted octanol–water partition coefficient (Wildman–Crippen LogP) is 1.24. The van der Waals surface area contributed by atoms with Gasteiger partial charge in [0.05, 0.1) is 5.57 Å². The average Bonchev–Trinajstić information content (AvgIpc) is 2.47. The molecule has 3 rings (SSSR count). The number of likely N-dealkylation sites (N-methyl/N-ethyl adjacent to an activating group) is 1. The first-order valence-electron chi connectivity index (χ1n) is 6.64. The number of nitrogens with zero attached hydrogens (tertiary/aromatic N) is 2. The molecule has 2 aliphatic heterocycles. The molecular weight excluding hydrogens is 240 g/mol. The Balaban J connectivity index is 1.76. The van der Waals surface area contributed by atoms with E-state index in [1.54, 1.807) is 0 Å². The fourth-order valence-electron chi connectivity index (χ4n) is 2.45. The topological polar surface area (TPSA) is 32.8 Å². The molecule has 4 heteroatoms. The van der Waals surface area contributed by atoms with Crippen LogP contribution in [-0.2, 0) is 4.79 Å². The first-order chi connectivity index (χ1) is 9.24. The summed E-state index contributed by atoms with van der Waals surface area (Å²) >= 11 is 0. The second-order valence-corrected chi connectivity index (χ2v) is 5.09. The Hall–Kier alpha value is -1.81. The van der Waals surface area contributed by atoms with E-state index in [0.717, 1.165) is 43.1 Å². The van der Waals surface area contributed by atoms with Crippen molar-refractivity contribution < 1.29 is 9.53 Å². The van der Waals surface area contributed by atoms with Crippen LogP contribution in [0.1, 0.15) is 5.56 Å². The Morgan fingerprint density at radius 2 is 1.89 bits per heavy atom. The summed E-state index contributed by atoms with van der Waals surface area (Å²) in [6.07, 6.45) is 1.96. The molecule has 1 amide bonds. The Morgan fingerprint density at radius 1 is 1.16 bits per heavy atom. The largest absolute Gasteiger partial charge is 0.488 e. The number of piperazine rings is 1. The summed E-state index contributed by atoms with van der Waals surface area (Å²) in [6.45, 7) is 3.86. The van der Waals surface area contributed by atoms with Crippen LogP contribution in [0.4, 0.5) is 0 Å². The van der Waals surface area contributed by atoms with Crippen LogP contribution in [0.15, 0.2) is 29.8 Å².